The Morgan fingerprint density at radius 2 is 1.79 bits per heavy atom. The molecule has 0 saturated heterocycles. The minimum absolute atomic E-state index is 0.161. The largest absolute Gasteiger partial charge is 0.496 e. The van der Waals surface area contributed by atoms with Crippen LogP contribution in [0.2, 0.25) is 0 Å². The van der Waals surface area contributed by atoms with Crippen molar-refractivity contribution in [1.82, 2.24) is 0 Å². The van der Waals surface area contributed by atoms with Crippen molar-refractivity contribution >= 4 is 5.97 Å². The fraction of sp³-hybridized carbons (Fsp3) is 0.500. The van der Waals surface area contributed by atoms with Gasteiger partial charge < -0.3 is 19.3 Å². The van der Waals surface area contributed by atoms with Crippen LogP contribution in [0, 0.1) is 11.8 Å². The van der Waals surface area contributed by atoms with Crippen LogP contribution in [0.1, 0.15) is 12.0 Å². The number of ether oxygens (including phenoxy) is 3. The summed E-state index contributed by atoms with van der Waals surface area (Å²) >= 11 is 0. The highest BCUT2D eigenvalue weighted by atomic mass is 16.5. The van der Waals surface area contributed by atoms with Gasteiger partial charge in [-0.2, -0.15) is 0 Å². The Balaban J connectivity index is 2.25. The van der Waals surface area contributed by atoms with Crippen LogP contribution < -0.4 is 14.2 Å². The molecule has 0 radical (unpaired) electrons. The smallest absolute Gasteiger partial charge is 0.306 e. The summed E-state index contributed by atoms with van der Waals surface area (Å²) in [4.78, 5) is 10.9. The highest BCUT2D eigenvalue weighted by molar-refractivity contribution is 5.73. The molecule has 0 amide bonds. The minimum atomic E-state index is -0.726. The van der Waals surface area contributed by atoms with Gasteiger partial charge in [-0.1, -0.05) is 0 Å². The zero-order valence-corrected chi connectivity index (χ0v) is 11.3. The molecule has 0 bridgehead atoms. The van der Waals surface area contributed by atoms with Crippen LogP contribution in [0.3, 0.4) is 0 Å². The molecule has 5 nitrogen and oxygen atoms in total. The number of methoxy groups -OCH3 is 3. The molecule has 2 unspecified atom stereocenters. The Bertz CT molecular complexity index is 458. The molecule has 0 heterocycles. The Morgan fingerprint density at radius 1 is 1.21 bits per heavy atom. The fourth-order valence-corrected chi connectivity index (χ4v) is 2.32. The molecule has 104 valence electrons. The molecule has 5 heteroatoms. The number of hydrogen-bond acceptors (Lipinski definition) is 4. The SMILES string of the molecule is COc1cc(OC)c(CC2CC2C(=O)O)c(OC)c1. The normalized spacial score (nSPS) is 20.8. The standard InChI is InChI=1S/C14H18O5/c1-17-9-6-12(18-2)11(13(7-9)19-3)5-8-4-10(8)14(15)16/h6-8,10H,4-5H2,1-3H3,(H,15,16). The van der Waals surface area contributed by atoms with Crippen LogP contribution >= 0.6 is 0 Å². The molecule has 19 heavy (non-hydrogen) atoms. The molecular weight excluding hydrogens is 248 g/mol. The van der Waals surface area contributed by atoms with Gasteiger partial charge in [-0.15, -0.1) is 0 Å². The second kappa shape index (κ2) is 5.38. The van der Waals surface area contributed by atoms with Gasteiger partial charge >= 0.3 is 5.97 Å². The molecule has 1 aromatic carbocycles. The number of benzene rings is 1. The highest BCUT2D eigenvalue weighted by Crippen LogP contribution is 2.45. The predicted molar refractivity (Wildman–Crippen MR) is 69.0 cm³/mol. The van der Waals surface area contributed by atoms with Crippen molar-refractivity contribution in [3.05, 3.63) is 17.7 Å². The van der Waals surface area contributed by atoms with Gasteiger partial charge in [0.2, 0.25) is 0 Å². The average Bonchev–Trinajstić information content (AvgIpc) is 3.18. The maximum absolute atomic E-state index is 10.9. The quantitative estimate of drug-likeness (QED) is 0.852. The van der Waals surface area contributed by atoms with Crippen molar-refractivity contribution in [2.45, 2.75) is 12.8 Å². The summed E-state index contributed by atoms with van der Waals surface area (Å²) in [6.07, 6.45) is 1.36. The molecule has 2 rings (SSSR count). The van der Waals surface area contributed by atoms with Crippen molar-refractivity contribution in [2.75, 3.05) is 21.3 Å². The fourth-order valence-electron chi connectivity index (χ4n) is 2.32. The van der Waals surface area contributed by atoms with E-state index in [1.165, 1.54) is 0 Å². The van der Waals surface area contributed by atoms with Crippen LogP contribution in [0.4, 0.5) is 0 Å². The van der Waals surface area contributed by atoms with E-state index in [4.69, 9.17) is 19.3 Å². The van der Waals surface area contributed by atoms with Crippen molar-refractivity contribution in [2.24, 2.45) is 11.8 Å². The van der Waals surface area contributed by atoms with Gasteiger partial charge in [-0.3, -0.25) is 4.79 Å². The van der Waals surface area contributed by atoms with Gasteiger partial charge in [-0.25, -0.2) is 0 Å². The lowest BCUT2D eigenvalue weighted by Crippen LogP contribution is -2.04. The molecule has 1 saturated carbocycles. The summed E-state index contributed by atoms with van der Waals surface area (Å²) in [6.45, 7) is 0. The molecule has 0 aromatic heterocycles. The monoisotopic (exact) mass is 266 g/mol. The van der Waals surface area contributed by atoms with Crippen LogP contribution in [0.25, 0.3) is 0 Å². The third-order valence-corrected chi connectivity index (χ3v) is 3.52. The first kappa shape index (κ1) is 13.5. The molecule has 1 aliphatic rings. The van der Waals surface area contributed by atoms with Crippen LogP contribution in [0.15, 0.2) is 12.1 Å². The maximum Gasteiger partial charge on any atom is 0.306 e. The lowest BCUT2D eigenvalue weighted by molar-refractivity contribution is -0.138. The molecule has 1 N–H and O–H groups in total. The van der Waals surface area contributed by atoms with E-state index in [0.29, 0.717) is 30.1 Å². The van der Waals surface area contributed by atoms with Gasteiger partial charge in [0.25, 0.3) is 0 Å². The third-order valence-electron chi connectivity index (χ3n) is 3.52. The molecule has 0 aliphatic heterocycles. The van der Waals surface area contributed by atoms with Gasteiger partial charge in [0.15, 0.2) is 0 Å². The maximum atomic E-state index is 10.9. The Morgan fingerprint density at radius 3 is 2.16 bits per heavy atom. The van der Waals surface area contributed by atoms with Crippen LogP contribution in [-0.4, -0.2) is 32.4 Å². The van der Waals surface area contributed by atoms with Gasteiger partial charge in [0, 0.05) is 17.7 Å². The summed E-state index contributed by atoms with van der Waals surface area (Å²) in [5.74, 6) is 1.20. The number of carboxylic acid groups (broad SMARTS) is 1. The first-order chi connectivity index (χ1) is 9.10. The van der Waals surface area contributed by atoms with E-state index in [9.17, 15) is 4.79 Å². The second-order valence-corrected chi connectivity index (χ2v) is 4.66. The first-order valence-corrected chi connectivity index (χ1v) is 6.12. The molecule has 0 spiro atoms. The van der Waals surface area contributed by atoms with Crippen molar-refractivity contribution in [3.63, 3.8) is 0 Å². The van der Waals surface area contributed by atoms with Crippen molar-refractivity contribution in [1.29, 1.82) is 0 Å². The second-order valence-electron chi connectivity index (χ2n) is 4.66. The summed E-state index contributed by atoms with van der Waals surface area (Å²) in [5, 5.41) is 8.95. The van der Waals surface area contributed by atoms with E-state index in [1.54, 1.807) is 33.5 Å². The Kier molecular flexibility index (Phi) is 3.83. The number of aliphatic carboxylic acids is 1. The van der Waals surface area contributed by atoms with Crippen LogP contribution in [0.5, 0.6) is 17.2 Å². The van der Waals surface area contributed by atoms with Crippen LogP contribution in [-0.2, 0) is 11.2 Å². The molecule has 1 fully saturated rings. The van der Waals surface area contributed by atoms with Crippen molar-refractivity contribution < 1.29 is 24.1 Å². The van der Waals surface area contributed by atoms with E-state index in [2.05, 4.69) is 0 Å². The number of hydrogen-bond donors (Lipinski definition) is 1. The molecule has 1 aliphatic carbocycles. The zero-order valence-electron chi connectivity index (χ0n) is 11.3. The summed E-state index contributed by atoms with van der Waals surface area (Å²) in [6, 6.07) is 3.58. The lowest BCUT2D eigenvalue weighted by atomic mass is 10.0. The molecule has 2 atom stereocenters. The average molecular weight is 266 g/mol. The number of carbonyl (C=O) groups is 1. The van der Waals surface area contributed by atoms with Gasteiger partial charge in [-0.05, 0) is 18.8 Å². The first-order valence-electron chi connectivity index (χ1n) is 6.12. The number of carboxylic acids is 1. The topological polar surface area (TPSA) is 65.0 Å². The number of rotatable bonds is 6. The Labute approximate surface area is 112 Å². The van der Waals surface area contributed by atoms with E-state index >= 15 is 0 Å². The lowest BCUT2D eigenvalue weighted by Gasteiger charge is -2.14. The molecule has 1 aromatic rings. The minimum Gasteiger partial charge on any atom is -0.496 e. The highest BCUT2D eigenvalue weighted by Gasteiger charge is 2.43. The predicted octanol–water partition coefficient (Wildman–Crippen LogP) is 1.98. The summed E-state index contributed by atoms with van der Waals surface area (Å²) in [5.41, 5.74) is 0.902. The van der Waals surface area contributed by atoms with Gasteiger partial charge in [0.05, 0.1) is 27.2 Å². The van der Waals surface area contributed by atoms with E-state index in [-0.39, 0.29) is 11.8 Å². The Hall–Kier alpha value is -1.91. The zero-order chi connectivity index (χ0) is 14.0. The van der Waals surface area contributed by atoms with E-state index in [0.717, 1.165) is 5.56 Å². The third kappa shape index (κ3) is 2.75. The molecular formula is C14H18O5. The van der Waals surface area contributed by atoms with Gasteiger partial charge in [0.1, 0.15) is 17.2 Å². The summed E-state index contributed by atoms with van der Waals surface area (Å²) < 4.78 is 15.9. The van der Waals surface area contributed by atoms with E-state index < -0.39 is 5.97 Å². The van der Waals surface area contributed by atoms with E-state index in [1.807, 2.05) is 0 Å². The van der Waals surface area contributed by atoms with Crippen molar-refractivity contribution in [3.8, 4) is 17.2 Å². The summed E-state index contributed by atoms with van der Waals surface area (Å²) in [7, 11) is 4.74.